The predicted octanol–water partition coefficient (Wildman–Crippen LogP) is 8.02. The Hall–Kier alpha value is -4.13. The smallest absolute Gasteiger partial charge is 0.308 e. The van der Waals surface area contributed by atoms with Gasteiger partial charge in [0.1, 0.15) is 5.82 Å². The maximum Gasteiger partial charge on any atom is 0.323 e. The normalized spacial score (nSPS) is 10.9. The Labute approximate surface area is 236 Å². The molecule has 6 nitrogen and oxygen atoms in total. The Morgan fingerprint density at radius 2 is 1.56 bits per heavy atom. The molecule has 2 N–H and O–H groups in total. The molecule has 39 heavy (non-hydrogen) atoms. The lowest BCUT2D eigenvalue weighted by molar-refractivity contribution is 0.262. The summed E-state index contributed by atoms with van der Waals surface area (Å²) in [5.74, 6) is 0.728. The topological polar surface area (TPSA) is 76.0 Å². The number of amides is 2. The fourth-order valence-electron chi connectivity index (χ4n) is 4.42. The van der Waals surface area contributed by atoms with Crippen LogP contribution in [0.2, 0.25) is 10.0 Å². The summed E-state index contributed by atoms with van der Waals surface area (Å²) in [6, 6.07) is 27.3. The van der Waals surface area contributed by atoms with Crippen LogP contribution < -0.4 is 16.2 Å². The maximum atomic E-state index is 13.7. The molecule has 0 saturated heterocycles. The molecule has 1 heterocycles. The zero-order valence-electron chi connectivity index (χ0n) is 21.2. The van der Waals surface area contributed by atoms with Crippen molar-refractivity contribution in [2.24, 2.45) is 0 Å². The summed E-state index contributed by atoms with van der Waals surface area (Å²) in [6.45, 7) is 2.44. The Bertz CT molecular complexity index is 1700. The average Bonchev–Trinajstić information content (AvgIpc) is 2.93. The van der Waals surface area contributed by atoms with E-state index in [2.05, 4.69) is 17.6 Å². The van der Waals surface area contributed by atoms with Crippen LogP contribution in [-0.2, 0) is 13.0 Å². The fraction of sp³-hybridized carbons (Fsp3) is 0.129. The van der Waals surface area contributed by atoms with Gasteiger partial charge in [0.05, 0.1) is 17.4 Å². The number of halogens is 2. The van der Waals surface area contributed by atoms with Crippen LogP contribution in [0.4, 0.5) is 16.2 Å². The minimum atomic E-state index is -0.425. The van der Waals surface area contributed by atoms with Gasteiger partial charge in [-0.15, -0.1) is 0 Å². The molecule has 4 aromatic carbocycles. The first kappa shape index (κ1) is 26.5. The van der Waals surface area contributed by atoms with E-state index in [1.54, 1.807) is 47.0 Å². The molecular formula is C31H26Cl2N4O2. The van der Waals surface area contributed by atoms with E-state index >= 15 is 0 Å². The molecule has 196 valence electrons. The number of urea groups is 1. The molecule has 0 spiro atoms. The van der Waals surface area contributed by atoms with Crippen molar-refractivity contribution in [1.82, 2.24) is 9.55 Å². The molecule has 0 fully saturated rings. The first-order chi connectivity index (χ1) is 18.9. The van der Waals surface area contributed by atoms with Gasteiger partial charge in [0.25, 0.3) is 5.56 Å². The van der Waals surface area contributed by atoms with E-state index in [9.17, 15) is 9.59 Å². The third-order valence-corrected chi connectivity index (χ3v) is 6.93. The molecule has 8 heteroatoms. The van der Waals surface area contributed by atoms with Crippen molar-refractivity contribution in [3.05, 3.63) is 123 Å². The summed E-state index contributed by atoms with van der Waals surface area (Å²) >= 11 is 12.3. The van der Waals surface area contributed by atoms with Crippen LogP contribution in [0.3, 0.4) is 0 Å². The quantitative estimate of drug-likeness (QED) is 0.213. The van der Waals surface area contributed by atoms with E-state index in [1.165, 1.54) is 0 Å². The fourth-order valence-corrected chi connectivity index (χ4v) is 4.79. The number of carbonyl (C=O) groups excluding carboxylic acids is 1. The second-order valence-electron chi connectivity index (χ2n) is 9.16. The van der Waals surface area contributed by atoms with Gasteiger partial charge < -0.3 is 10.6 Å². The number of aryl methyl sites for hydroxylation is 1. The monoisotopic (exact) mass is 556 g/mol. The maximum absolute atomic E-state index is 13.7. The average molecular weight is 557 g/mol. The summed E-state index contributed by atoms with van der Waals surface area (Å²) in [5, 5.41) is 7.25. The molecule has 0 aliphatic heterocycles. The minimum absolute atomic E-state index is 0.152. The standard InChI is InChI=1S/C31H26Cl2N4O2/c1-2-5-29-36-28-17-16-24(35-31(39)34-23-14-12-22(32)13-15-23)18-26(28)30(38)37(29)19-20-8-10-21(11-9-20)25-6-3-4-7-27(25)33/h3-4,6-18H,2,5,19H2,1H3,(H2,34,35,39). The predicted molar refractivity (Wildman–Crippen MR) is 160 cm³/mol. The van der Waals surface area contributed by atoms with Crippen molar-refractivity contribution in [2.75, 3.05) is 10.6 Å². The molecule has 5 aromatic rings. The van der Waals surface area contributed by atoms with Crippen LogP contribution in [0.1, 0.15) is 24.7 Å². The highest BCUT2D eigenvalue weighted by atomic mass is 35.5. The van der Waals surface area contributed by atoms with Gasteiger partial charge in [-0.05, 0) is 66.1 Å². The van der Waals surface area contributed by atoms with Gasteiger partial charge in [0, 0.05) is 33.4 Å². The Morgan fingerprint density at radius 1 is 0.872 bits per heavy atom. The van der Waals surface area contributed by atoms with Gasteiger partial charge >= 0.3 is 6.03 Å². The third-order valence-electron chi connectivity index (χ3n) is 6.35. The molecule has 0 bridgehead atoms. The van der Waals surface area contributed by atoms with Gasteiger partial charge in [-0.3, -0.25) is 9.36 Å². The van der Waals surface area contributed by atoms with Crippen molar-refractivity contribution in [3.8, 4) is 11.1 Å². The number of nitrogens with one attached hydrogen (secondary N) is 2. The molecule has 0 aliphatic carbocycles. The first-order valence-corrected chi connectivity index (χ1v) is 13.4. The SMILES string of the molecule is CCCc1nc2ccc(NC(=O)Nc3ccc(Cl)cc3)cc2c(=O)n1Cc1ccc(-c2ccccc2Cl)cc1. The number of nitrogens with zero attached hydrogens (tertiary/aromatic N) is 2. The van der Waals surface area contributed by atoms with Gasteiger partial charge in [-0.25, -0.2) is 9.78 Å². The number of anilines is 2. The van der Waals surface area contributed by atoms with E-state index in [4.69, 9.17) is 28.2 Å². The second kappa shape index (κ2) is 11.7. The van der Waals surface area contributed by atoms with Crippen LogP contribution in [-0.4, -0.2) is 15.6 Å². The van der Waals surface area contributed by atoms with Crippen molar-refractivity contribution >= 4 is 51.5 Å². The van der Waals surface area contributed by atoms with Crippen LogP contribution in [0.25, 0.3) is 22.0 Å². The molecule has 0 saturated carbocycles. The van der Waals surface area contributed by atoms with E-state index < -0.39 is 6.03 Å². The van der Waals surface area contributed by atoms with E-state index in [0.717, 1.165) is 28.9 Å². The lowest BCUT2D eigenvalue weighted by Crippen LogP contribution is -2.26. The largest absolute Gasteiger partial charge is 0.323 e. The van der Waals surface area contributed by atoms with Crippen LogP contribution >= 0.6 is 23.2 Å². The van der Waals surface area contributed by atoms with Crippen LogP contribution in [0.5, 0.6) is 0 Å². The number of hydrogen-bond donors (Lipinski definition) is 2. The lowest BCUT2D eigenvalue weighted by atomic mass is 10.0. The van der Waals surface area contributed by atoms with Crippen molar-refractivity contribution < 1.29 is 4.79 Å². The second-order valence-corrected chi connectivity index (χ2v) is 10.0. The number of hydrogen-bond acceptors (Lipinski definition) is 3. The molecular weight excluding hydrogens is 531 g/mol. The zero-order valence-corrected chi connectivity index (χ0v) is 22.8. The number of benzene rings is 4. The summed E-state index contributed by atoms with van der Waals surface area (Å²) in [7, 11) is 0. The molecule has 1 aromatic heterocycles. The molecule has 5 rings (SSSR count). The number of fused-ring (bicyclic) bond motifs is 1. The minimum Gasteiger partial charge on any atom is -0.308 e. The highest BCUT2D eigenvalue weighted by molar-refractivity contribution is 6.33. The third kappa shape index (κ3) is 6.14. The Kier molecular flexibility index (Phi) is 7.96. The summed E-state index contributed by atoms with van der Waals surface area (Å²) < 4.78 is 1.72. The van der Waals surface area contributed by atoms with Crippen LogP contribution in [0.15, 0.2) is 95.8 Å². The molecule has 2 amide bonds. The first-order valence-electron chi connectivity index (χ1n) is 12.6. The van der Waals surface area contributed by atoms with Crippen LogP contribution in [0, 0.1) is 0 Å². The Balaban J connectivity index is 1.42. The zero-order chi connectivity index (χ0) is 27.4. The Morgan fingerprint density at radius 3 is 2.28 bits per heavy atom. The summed E-state index contributed by atoms with van der Waals surface area (Å²) in [5.41, 5.74) is 4.48. The number of aromatic nitrogens is 2. The lowest BCUT2D eigenvalue weighted by Gasteiger charge is -2.15. The highest BCUT2D eigenvalue weighted by Crippen LogP contribution is 2.28. The van der Waals surface area contributed by atoms with E-state index in [-0.39, 0.29) is 5.56 Å². The summed E-state index contributed by atoms with van der Waals surface area (Å²) in [4.78, 5) is 31.0. The van der Waals surface area contributed by atoms with Crippen molar-refractivity contribution in [1.29, 1.82) is 0 Å². The molecule has 0 radical (unpaired) electrons. The number of carbonyl (C=O) groups is 1. The van der Waals surface area contributed by atoms with Crippen molar-refractivity contribution in [3.63, 3.8) is 0 Å². The van der Waals surface area contributed by atoms with E-state index in [1.807, 2.05) is 48.5 Å². The summed E-state index contributed by atoms with van der Waals surface area (Å²) in [6.07, 6.45) is 1.53. The molecule has 0 aliphatic rings. The number of rotatable bonds is 7. The molecule has 0 unspecified atom stereocenters. The molecule has 0 atom stereocenters. The van der Waals surface area contributed by atoms with Gasteiger partial charge in [0.2, 0.25) is 0 Å². The van der Waals surface area contributed by atoms with Gasteiger partial charge in [-0.2, -0.15) is 0 Å². The van der Waals surface area contributed by atoms with Crippen molar-refractivity contribution in [2.45, 2.75) is 26.3 Å². The van der Waals surface area contributed by atoms with Gasteiger partial charge in [-0.1, -0.05) is 72.6 Å². The highest BCUT2D eigenvalue weighted by Gasteiger charge is 2.13. The van der Waals surface area contributed by atoms with E-state index in [0.29, 0.717) is 45.3 Å². The van der Waals surface area contributed by atoms with Gasteiger partial charge in [0.15, 0.2) is 0 Å².